The van der Waals surface area contributed by atoms with Crippen molar-refractivity contribution in [3.05, 3.63) is 76.7 Å². The summed E-state index contributed by atoms with van der Waals surface area (Å²) in [5.74, 6) is 0.921. The number of thioether (sulfide) groups is 1. The van der Waals surface area contributed by atoms with E-state index in [9.17, 15) is 9.18 Å². The summed E-state index contributed by atoms with van der Waals surface area (Å²) < 4.78 is 27.2. The van der Waals surface area contributed by atoms with Gasteiger partial charge in [0.1, 0.15) is 17.6 Å². The Morgan fingerprint density at radius 2 is 2.03 bits per heavy atom. The molecule has 184 valence electrons. The molecule has 0 saturated heterocycles. The average molecular weight is 497 g/mol. The quantitative estimate of drug-likeness (QED) is 0.299. The summed E-state index contributed by atoms with van der Waals surface area (Å²) in [4.78, 5) is 17.8. The fraction of sp³-hybridized carbons (Fsp3) is 0.346. The highest BCUT2D eigenvalue weighted by atomic mass is 32.2. The molecule has 0 radical (unpaired) electrons. The van der Waals surface area contributed by atoms with Crippen LogP contribution in [0.5, 0.6) is 5.75 Å². The number of nitrogens with one attached hydrogen (secondary N) is 1. The van der Waals surface area contributed by atoms with Crippen molar-refractivity contribution in [1.29, 1.82) is 0 Å². The summed E-state index contributed by atoms with van der Waals surface area (Å²) >= 11 is 1.33. The minimum atomic E-state index is -0.557. The number of halogens is 1. The second kappa shape index (κ2) is 10.9. The van der Waals surface area contributed by atoms with E-state index in [0.29, 0.717) is 46.0 Å². The highest BCUT2D eigenvalue weighted by Crippen LogP contribution is 2.38. The zero-order valence-corrected chi connectivity index (χ0v) is 21.1. The SMILES string of the molecule is CCCOc1cccc(C2C(C(=O)OC(C)C)=C(C)Nc3nc(SCc4ccccc4F)nn32)c1. The number of allylic oxidation sites excluding steroid dienone is 1. The Bertz CT molecular complexity index is 1240. The molecule has 7 nitrogen and oxygen atoms in total. The summed E-state index contributed by atoms with van der Waals surface area (Å²) in [6.45, 7) is 8.10. The number of esters is 1. The smallest absolute Gasteiger partial charge is 0.338 e. The van der Waals surface area contributed by atoms with Crippen LogP contribution in [0.4, 0.5) is 10.3 Å². The third kappa shape index (κ3) is 5.67. The molecule has 0 saturated carbocycles. The molecule has 1 aliphatic rings. The molecule has 0 spiro atoms. The van der Waals surface area contributed by atoms with E-state index < -0.39 is 12.0 Å². The number of ether oxygens (including phenoxy) is 2. The van der Waals surface area contributed by atoms with Crippen molar-refractivity contribution in [3.8, 4) is 5.75 Å². The summed E-state index contributed by atoms with van der Waals surface area (Å²) in [5.41, 5.74) is 2.50. The van der Waals surface area contributed by atoms with E-state index in [1.807, 2.05) is 52.0 Å². The van der Waals surface area contributed by atoms with Crippen LogP contribution >= 0.6 is 11.8 Å². The fourth-order valence-corrected chi connectivity index (χ4v) is 4.61. The largest absolute Gasteiger partial charge is 0.494 e. The van der Waals surface area contributed by atoms with Crippen LogP contribution in [0.2, 0.25) is 0 Å². The van der Waals surface area contributed by atoms with Gasteiger partial charge in [0.2, 0.25) is 11.1 Å². The highest BCUT2D eigenvalue weighted by Gasteiger charge is 2.35. The fourth-order valence-electron chi connectivity index (χ4n) is 3.79. The van der Waals surface area contributed by atoms with Crippen molar-refractivity contribution in [2.45, 2.75) is 57.2 Å². The number of hydrogen-bond donors (Lipinski definition) is 1. The molecule has 1 aliphatic heterocycles. The first kappa shape index (κ1) is 24.8. The molecule has 2 heterocycles. The lowest BCUT2D eigenvalue weighted by Crippen LogP contribution is -2.30. The number of fused-ring (bicyclic) bond motifs is 1. The maximum Gasteiger partial charge on any atom is 0.338 e. The standard InChI is InChI=1S/C26H29FN4O3S/c1-5-13-33-20-11-8-10-18(14-20)23-22(24(32)34-16(2)3)17(4)28-25-29-26(30-31(23)25)35-15-19-9-6-7-12-21(19)27/h6-12,14,16,23H,5,13,15H2,1-4H3,(H,28,29,30). The molecular formula is C26H29FN4O3S. The van der Waals surface area contributed by atoms with Crippen LogP contribution in [0.1, 0.15) is 51.3 Å². The Kier molecular flexibility index (Phi) is 7.75. The summed E-state index contributed by atoms with van der Waals surface area (Å²) in [5, 5.41) is 8.36. The van der Waals surface area contributed by atoms with E-state index in [2.05, 4.69) is 10.3 Å². The molecule has 0 bridgehead atoms. The van der Waals surface area contributed by atoms with Gasteiger partial charge in [0.25, 0.3) is 0 Å². The average Bonchev–Trinajstić information content (AvgIpc) is 3.23. The molecule has 3 aromatic rings. The van der Waals surface area contributed by atoms with Crippen LogP contribution in [-0.4, -0.2) is 33.4 Å². The van der Waals surface area contributed by atoms with Crippen LogP contribution in [0.3, 0.4) is 0 Å². The first-order chi connectivity index (χ1) is 16.9. The van der Waals surface area contributed by atoms with E-state index in [1.165, 1.54) is 17.8 Å². The normalized spacial score (nSPS) is 15.1. The number of hydrogen-bond acceptors (Lipinski definition) is 7. The molecular weight excluding hydrogens is 467 g/mol. The van der Waals surface area contributed by atoms with Gasteiger partial charge in [0, 0.05) is 11.4 Å². The van der Waals surface area contributed by atoms with Crippen molar-refractivity contribution < 1.29 is 18.7 Å². The maximum absolute atomic E-state index is 14.1. The van der Waals surface area contributed by atoms with Gasteiger partial charge in [0.15, 0.2) is 0 Å². The van der Waals surface area contributed by atoms with Gasteiger partial charge < -0.3 is 14.8 Å². The Hall–Kier alpha value is -3.33. The molecule has 2 aromatic carbocycles. The first-order valence-corrected chi connectivity index (χ1v) is 12.6. The molecule has 1 atom stereocenters. The van der Waals surface area contributed by atoms with E-state index in [1.54, 1.807) is 22.9 Å². The molecule has 9 heteroatoms. The van der Waals surface area contributed by atoms with Crippen LogP contribution in [0.15, 0.2) is 65.0 Å². The van der Waals surface area contributed by atoms with Crippen molar-refractivity contribution in [2.75, 3.05) is 11.9 Å². The van der Waals surface area contributed by atoms with Crippen LogP contribution in [-0.2, 0) is 15.3 Å². The second-order valence-corrected chi connectivity index (χ2v) is 9.43. The van der Waals surface area contributed by atoms with Crippen molar-refractivity contribution in [2.24, 2.45) is 0 Å². The lowest BCUT2D eigenvalue weighted by molar-refractivity contribution is -0.143. The van der Waals surface area contributed by atoms with Gasteiger partial charge in [-0.05, 0) is 56.5 Å². The van der Waals surface area contributed by atoms with E-state index in [0.717, 1.165) is 12.0 Å². The maximum atomic E-state index is 14.1. The summed E-state index contributed by atoms with van der Waals surface area (Å²) in [6.07, 6.45) is 0.616. The van der Waals surface area contributed by atoms with E-state index >= 15 is 0 Å². The van der Waals surface area contributed by atoms with Crippen molar-refractivity contribution in [1.82, 2.24) is 14.8 Å². The molecule has 1 aromatic heterocycles. The van der Waals surface area contributed by atoms with Gasteiger partial charge in [-0.1, -0.05) is 49.0 Å². The Balaban J connectivity index is 1.71. The molecule has 35 heavy (non-hydrogen) atoms. The number of nitrogens with zero attached hydrogens (tertiary/aromatic N) is 3. The monoisotopic (exact) mass is 496 g/mol. The Morgan fingerprint density at radius 3 is 2.77 bits per heavy atom. The number of carbonyl (C=O) groups excluding carboxylic acids is 1. The van der Waals surface area contributed by atoms with Crippen LogP contribution in [0, 0.1) is 5.82 Å². The minimum absolute atomic E-state index is 0.264. The third-order valence-corrected chi connectivity index (χ3v) is 6.24. The molecule has 4 rings (SSSR count). The molecule has 0 fully saturated rings. The number of rotatable bonds is 9. The minimum Gasteiger partial charge on any atom is -0.494 e. The zero-order chi connectivity index (χ0) is 24.9. The lowest BCUT2D eigenvalue weighted by atomic mass is 9.95. The first-order valence-electron chi connectivity index (χ1n) is 11.6. The highest BCUT2D eigenvalue weighted by molar-refractivity contribution is 7.98. The van der Waals surface area contributed by atoms with Crippen LogP contribution in [0.25, 0.3) is 0 Å². The zero-order valence-electron chi connectivity index (χ0n) is 20.2. The van der Waals surface area contributed by atoms with Crippen LogP contribution < -0.4 is 10.1 Å². The van der Waals surface area contributed by atoms with Crippen molar-refractivity contribution >= 4 is 23.7 Å². The lowest BCUT2D eigenvalue weighted by Gasteiger charge is -2.28. The molecule has 0 aliphatic carbocycles. The summed E-state index contributed by atoms with van der Waals surface area (Å²) in [7, 11) is 0. The van der Waals surface area contributed by atoms with Gasteiger partial charge in [0.05, 0.1) is 18.3 Å². The number of anilines is 1. The Morgan fingerprint density at radius 1 is 1.23 bits per heavy atom. The van der Waals surface area contributed by atoms with Gasteiger partial charge in [-0.2, -0.15) is 4.98 Å². The molecule has 0 amide bonds. The van der Waals surface area contributed by atoms with Gasteiger partial charge in [-0.25, -0.2) is 13.9 Å². The number of carbonyl (C=O) groups is 1. The topological polar surface area (TPSA) is 78.3 Å². The van der Waals surface area contributed by atoms with Gasteiger partial charge >= 0.3 is 5.97 Å². The molecule has 1 unspecified atom stereocenters. The Labute approximate surface area is 208 Å². The van der Waals surface area contributed by atoms with Gasteiger partial charge in [-0.3, -0.25) is 0 Å². The predicted molar refractivity (Wildman–Crippen MR) is 134 cm³/mol. The summed E-state index contributed by atoms with van der Waals surface area (Å²) in [6, 6.07) is 13.7. The van der Waals surface area contributed by atoms with Crippen molar-refractivity contribution in [3.63, 3.8) is 0 Å². The number of aromatic nitrogens is 3. The number of benzene rings is 2. The van der Waals surface area contributed by atoms with E-state index in [4.69, 9.17) is 14.6 Å². The third-order valence-electron chi connectivity index (χ3n) is 5.36. The second-order valence-electron chi connectivity index (χ2n) is 8.48. The van der Waals surface area contributed by atoms with E-state index in [-0.39, 0.29) is 11.9 Å². The van der Waals surface area contributed by atoms with Gasteiger partial charge in [-0.15, -0.1) is 5.10 Å². The molecule has 1 N–H and O–H groups in total. The predicted octanol–water partition coefficient (Wildman–Crippen LogP) is 5.74.